The molecule has 1 aromatic heterocycles. The van der Waals surface area contributed by atoms with Crippen LogP contribution in [0.1, 0.15) is 26.7 Å². The van der Waals surface area contributed by atoms with Crippen molar-refractivity contribution in [1.29, 1.82) is 0 Å². The maximum atomic E-state index is 11.2. The summed E-state index contributed by atoms with van der Waals surface area (Å²) in [6.07, 6.45) is -0.178. The van der Waals surface area contributed by atoms with Gasteiger partial charge in [0.05, 0.1) is 0 Å². The molecule has 1 aromatic rings. The van der Waals surface area contributed by atoms with Crippen molar-refractivity contribution >= 4 is 6.09 Å². The van der Waals surface area contributed by atoms with Gasteiger partial charge in [-0.25, -0.2) is 14.7 Å². The Morgan fingerprint density at radius 3 is 2.75 bits per heavy atom. The van der Waals surface area contributed by atoms with Crippen molar-refractivity contribution in [3.8, 4) is 0 Å². The van der Waals surface area contributed by atoms with E-state index in [0.29, 0.717) is 13.0 Å². The molecule has 0 aliphatic carbocycles. The molecule has 0 bridgehead atoms. The average Bonchev–Trinajstić information content (AvgIpc) is 2.48. The highest BCUT2D eigenvalue weighted by Gasteiger charge is 2.15. The van der Waals surface area contributed by atoms with E-state index in [1.165, 1.54) is 0 Å². The van der Waals surface area contributed by atoms with Crippen LogP contribution in [-0.4, -0.2) is 28.4 Å². The smallest absolute Gasteiger partial charge is 0.434 e. The largest absolute Gasteiger partial charge is 0.444 e. The second-order valence-electron chi connectivity index (χ2n) is 4.19. The summed E-state index contributed by atoms with van der Waals surface area (Å²) in [4.78, 5) is 21.8. The Kier molecular flexibility index (Phi) is 3.70. The lowest BCUT2D eigenvalue weighted by Crippen LogP contribution is -2.33. The number of H-pyrrole nitrogens is 1. The van der Waals surface area contributed by atoms with E-state index in [4.69, 9.17) is 4.74 Å². The number of amides is 1. The molecule has 0 atom stereocenters. The SMILES string of the molecule is CC(C)(C)OC(=O)NCCc1n[nH]c(=O)o1. The third kappa shape index (κ3) is 4.63. The molecule has 0 radical (unpaired) electrons. The zero-order chi connectivity index (χ0) is 12.2. The van der Waals surface area contributed by atoms with Crippen LogP contribution in [0.4, 0.5) is 4.79 Å². The quantitative estimate of drug-likeness (QED) is 0.783. The van der Waals surface area contributed by atoms with Crippen molar-refractivity contribution in [3.05, 3.63) is 16.4 Å². The monoisotopic (exact) mass is 229 g/mol. The number of aromatic nitrogens is 2. The van der Waals surface area contributed by atoms with Crippen LogP contribution in [0.3, 0.4) is 0 Å². The zero-order valence-corrected chi connectivity index (χ0v) is 9.49. The number of carbonyl (C=O) groups is 1. The van der Waals surface area contributed by atoms with Crippen LogP contribution < -0.4 is 11.1 Å². The van der Waals surface area contributed by atoms with Crippen LogP contribution in [0.15, 0.2) is 9.21 Å². The highest BCUT2D eigenvalue weighted by Crippen LogP contribution is 2.06. The van der Waals surface area contributed by atoms with Crippen molar-refractivity contribution < 1.29 is 13.9 Å². The molecule has 0 aliphatic rings. The Hall–Kier alpha value is -1.79. The Labute approximate surface area is 92.2 Å². The molecule has 0 spiro atoms. The predicted octanol–water partition coefficient (Wildman–Crippen LogP) is 0.430. The first kappa shape index (κ1) is 12.3. The minimum Gasteiger partial charge on any atom is -0.444 e. The Balaban J connectivity index is 2.26. The van der Waals surface area contributed by atoms with E-state index >= 15 is 0 Å². The van der Waals surface area contributed by atoms with Gasteiger partial charge >= 0.3 is 11.8 Å². The van der Waals surface area contributed by atoms with Crippen molar-refractivity contribution in [1.82, 2.24) is 15.5 Å². The molecular formula is C9H15N3O4. The molecule has 1 rings (SSSR count). The minimum atomic E-state index is -0.604. The van der Waals surface area contributed by atoms with Crippen LogP contribution in [0.5, 0.6) is 0 Å². The molecule has 0 saturated heterocycles. The summed E-state index contributed by atoms with van der Waals surface area (Å²) in [6.45, 7) is 5.63. The van der Waals surface area contributed by atoms with Crippen molar-refractivity contribution in [2.45, 2.75) is 32.8 Å². The first-order valence-electron chi connectivity index (χ1n) is 4.88. The Morgan fingerprint density at radius 2 is 2.25 bits per heavy atom. The van der Waals surface area contributed by atoms with E-state index in [0.717, 1.165) is 0 Å². The van der Waals surface area contributed by atoms with Gasteiger partial charge in [0.25, 0.3) is 0 Å². The summed E-state index contributed by atoms with van der Waals surface area (Å²) in [7, 11) is 0. The van der Waals surface area contributed by atoms with Gasteiger partial charge in [-0.05, 0) is 20.8 Å². The van der Waals surface area contributed by atoms with Gasteiger partial charge < -0.3 is 14.5 Å². The van der Waals surface area contributed by atoms with Crippen LogP contribution in [0, 0.1) is 0 Å². The number of nitrogens with one attached hydrogen (secondary N) is 2. The third-order valence-electron chi connectivity index (χ3n) is 1.49. The zero-order valence-electron chi connectivity index (χ0n) is 9.49. The number of nitrogens with zero attached hydrogens (tertiary/aromatic N) is 1. The Morgan fingerprint density at radius 1 is 1.56 bits per heavy atom. The number of alkyl carbamates (subject to hydrolysis) is 1. The molecule has 0 aliphatic heterocycles. The third-order valence-corrected chi connectivity index (χ3v) is 1.49. The van der Waals surface area contributed by atoms with Gasteiger partial charge in [0, 0.05) is 13.0 Å². The van der Waals surface area contributed by atoms with Gasteiger partial charge in [0.15, 0.2) is 0 Å². The standard InChI is InChI=1S/C9H15N3O4/c1-9(2,3)16-7(13)10-5-4-6-11-12-8(14)15-6/h4-5H2,1-3H3,(H,10,13)(H,12,14). The summed E-state index contributed by atoms with van der Waals surface area (Å²) < 4.78 is 9.66. The van der Waals surface area contributed by atoms with Crippen molar-refractivity contribution in [2.75, 3.05) is 6.54 Å². The average molecular weight is 229 g/mol. The molecule has 7 nitrogen and oxygen atoms in total. The van der Waals surface area contributed by atoms with Crippen LogP contribution in [0.25, 0.3) is 0 Å². The fourth-order valence-electron chi connectivity index (χ4n) is 0.953. The lowest BCUT2D eigenvalue weighted by Gasteiger charge is -2.19. The topological polar surface area (TPSA) is 97.2 Å². The van der Waals surface area contributed by atoms with Crippen LogP contribution >= 0.6 is 0 Å². The highest BCUT2D eigenvalue weighted by molar-refractivity contribution is 5.67. The van der Waals surface area contributed by atoms with Gasteiger partial charge in [-0.2, -0.15) is 0 Å². The van der Waals surface area contributed by atoms with E-state index in [1.807, 2.05) is 0 Å². The molecule has 90 valence electrons. The number of hydrogen-bond acceptors (Lipinski definition) is 5. The lowest BCUT2D eigenvalue weighted by molar-refractivity contribution is 0.0528. The number of rotatable bonds is 3. The van der Waals surface area contributed by atoms with E-state index in [2.05, 4.69) is 19.9 Å². The maximum absolute atomic E-state index is 11.2. The number of carbonyl (C=O) groups excluding carboxylic acids is 1. The second-order valence-corrected chi connectivity index (χ2v) is 4.19. The fourth-order valence-corrected chi connectivity index (χ4v) is 0.953. The number of hydrogen-bond donors (Lipinski definition) is 2. The summed E-state index contributed by atoms with van der Waals surface area (Å²) in [5.41, 5.74) is -0.525. The van der Waals surface area contributed by atoms with E-state index < -0.39 is 17.5 Å². The van der Waals surface area contributed by atoms with Crippen molar-refractivity contribution in [2.24, 2.45) is 0 Å². The summed E-state index contributed by atoms with van der Waals surface area (Å²) in [6, 6.07) is 0. The molecule has 7 heteroatoms. The van der Waals surface area contributed by atoms with E-state index in [-0.39, 0.29) is 5.89 Å². The van der Waals surface area contributed by atoms with Gasteiger partial charge in [0.1, 0.15) is 5.60 Å². The second kappa shape index (κ2) is 4.82. The molecule has 16 heavy (non-hydrogen) atoms. The van der Waals surface area contributed by atoms with Crippen LogP contribution in [-0.2, 0) is 11.2 Å². The van der Waals surface area contributed by atoms with Gasteiger partial charge in [-0.15, -0.1) is 5.10 Å². The van der Waals surface area contributed by atoms with Gasteiger partial charge in [0.2, 0.25) is 5.89 Å². The molecule has 0 fully saturated rings. The number of aromatic amines is 1. The molecule has 0 aromatic carbocycles. The van der Waals surface area contributed by atoms with E-state index in [1.54, 1.807) is 20.8 Å². The normalized spacial score (nSPS) is 11.2. The molecular weight excluding hydrogens is 214 g/mol. The molecule has 1 heterocycles. The molecule has 1 amide bonds. The molecule has 0 saturated carbocycles. The molecule has 0 unspecified atom stereocenters. The summed E-state index contributed by atoms with van der Waals surface area (Å²) in [5.74, 6) is -0.353. The molecule has 2 N–H and O–H groups in total. The highest BCUT2D eigenvalue weighted by atomic mass is 16.6. The lowest BCUT2D eigenvalue weighted by atomic mass is 10.2. The van der Waals surface area contributed by atoms with Crippen molar-refractivity contribution in [3.63, 3.8) is 0 Å². The van der Waals surface area contributed by atoms with Gasteiger partial charge in [-0.3, -0.25) is 0 Å². The van der Waals surface area contributed by atoms with Gasteiger partial charge in [-0.1, -0.05) is 0 Å². The number of ether oxygens (including phenoxy) is 1. The Bertz CT molecular complexity index is 401. The minimum absolute atomic E-state index is 0.251. The summed E-state index contributed by atoms with van der Waals surface area (Å²) >= 11 is 0. The first-order valence-corrected chi connectivity index (χ1v) is 4.88. The first-order chi connectivity index (χ1) is 7.37. The van der Waals surface area contributed by atoms with E-state index in [9.17, 15) is 9.59 Å². The summed E-state index contributed by atoms with van der Waals surface area (Å²) in [5, 5.41) is 8.24. The fraction of sp³-hybridized carbons (Fsp3) is 0.667. The maximum Gasteiger partial charge on any atom is 0.434 e. The predicted molar refractivity (Wildman–Crippen MR) is 55.1 cm³/mol. The van der Waals surface area contributed by atoms with Crippen LogP contribution in [0.2, 0.25) is 0 Å².